The van der Waals surface area contributed by atoms with Gasteiger partial charge in [0, 0.05) is 31.9 Å². The molecule has 1 saturated heterocycles. The minimum Gasteiger partial charge on any atom is -0.459 e. The van der Waals surface area contributed by atoms with Gasteiger partial charge in [-0.3, -0.25) is 25.3 Å². The van der Waals surface area contributed by atoms with Gasteiger partial charge in [0.05, 0.1) is 12.8 Å². The SMILES string of the molecule is Cl.O=C(CN1CCN(c2ccc(F)cc2)CC1)NNC(=O)c1ccco1. The fraction of sp³-hybridized carbons (Fsp3) is 0.294. The zero-order chi connectivity index (χ0) is 17.6. The molecule has 0 bridgehead atoms. The van der Waals surface area contributed by atoms with Gasteiger partial charge in [-0.15, -0.1) is 12.4 Å². The van der Waals surface area contributed by atoms with Crippen molar-refractivity contribution in [1.82, 2.24) is 15.8 Å². The molecule has 1 aromatic carbocycles. The summed E-state index contributed by atoms with van der Waals surface area (Å²) < 4.78 is 17.9. The number of anilines is 1. The van der Waals surface area contributed by atoms with Gasteiger partial charge in [0.2, 0.25) is 0 Å². The highest BCUT2D eigenvalue weighted by atomic mass is 35.5. The van der Waals surface area contributed by atoms with Crippen molar-refractivity contribution in [3.63, 3.8) is 0 Å². The molecular weight excluding hydrogens is 363 g/mol. The van der Waals surface area contributed by atoms with E-state index in [2.05, 4.69) is 15.8 Å². The third-order valence-electron chi connectivity index (χ3n) is 3.99. The van der Waals surface area contributed by atoms with Crippen molar-refractivity contribution in [2.24, 2.45) is 0 Å². The Morgan fingerprint density at radius 1 is 1.04 bits per heavy atom. The Morgan fingerprint density at radius 3 is 2.35 bits per heavy atom. The molecule has 140 valence electrons. The van der Waals surface area contributed by atoms with E-state index < -0.39 is 5.91 Å². The normalized spacial score (nSPS) is 14.4. The predicted molar refractivity (Wildman–Crippen MR) is 96.6 cm³/mol. The number of benzene rings is 1. The van der Waals surface area contributed by atoms with Crippen LogP contribution in [0.5, 0.6) is 0 Å². The first-order chi connectivity index (χ1) is 12.1. The molecular formula is C17H20ClFN4O3. The smallest absolute Gasteiger partial charge is 0.305 e. The highest BCUT2D eigenvalue weighted by Crippen LogP contribution is 2.16. The first-order valence-corrected chi connectivity index (χ1v) is 7.97. The quantitative estimate of drug-likeness (QED) is 0.782. The summed E-state index contributed by atoms with van der Waals surface area (Å²) in [5, 5.41) is 0. The van der Waals surface area contributed by atoms with Gasteiger partial charge >= 0.3 is 5.91 Å². The number of amides is 2. The van der Waals surface area contributed by atoms with Gasteiger partial charge in [-0.2, -0.15) is 0 Å². The van der Waals surface area contributed by atoms with Gasteiger partial charge in [-0.05, 0) is 36.4 Å². The summed E-state index contributed by atoms with van der Waals surface area (Å²) in [4.78, 5) is 27.7. The second-order valence-electron chi connectivity index (χ2n) is 5.72. The Balaban J connectivity index is 0.00000243. The summed E-state index contributed by atoms with van der Waals surface area (Å²) in [7, 11) is 0. The van der Waals surface area contributed by atoms with E-state index in [9.17, 15) is 14.0 Å². The van der Waals surface area contributed by atoms with E-state index in [1.807, 2.05) is 4.90 Å². The van der Waals surface area contributed by atoms with E-state index in [0.29, 0.717) is 13.1 Å². The molecule has 3 rings (SSSR count). The standard InChI is InChI=1S/C17H19FN4O3.ClH/c18-13-3-5-14(6-4-13)22-9-7-21(8-10-22)12-16(23)19-20-17(24)15-2-1-11-25-15;/h1-6,11H,7-10,12H2,(H,19,23)(H,20,24);1H. The zero-order valence-corrected chi connectivity index (χ0v) is 14.8. The number of nitrogens with zero attached hydrogens (tertiary/aromatic N) is 2. The number of carbonyl (C=O) groups excluding carboxylic acids is 2. The Morgan fingerprint density at radius 2 is 1.73 bits per heavy atom. The van der Waals surface area contributed by atoms with Crippen molar-refractivity contribution in [2.75, 3.05) is 37.6 Å². The molecule has 1 aliphatic rings. The third-order valence-corrected chi connectivity index (χ3v) is 3.99. The maximum absolute atomic E-state index is 13.0. The molecule has 1 aromatic heterocycles. The Bertz CT molecular complexity index is 716. The van der Waals surface area contributed by atoms with Gasteiger partial charge in [-0.1, -0.05) is 0 Å². The highest BCUT2D eigenvalue weighted by Gasteiger charge is 2.19. The highest BCUT2D eigenvalue weighted by molar-refractivity contribution is 5.93. The summed E-state index contributed by atoms with van der Waals surface area (Å²) in [6, 6.07) is 9.49. The van der Waals surface area contributed by atoms with Crippen LogP contribution in [-0.2, 0) is 4.79 Å². The summed E-state index contributed by atoms with van der Waals surface area (Å²) in [6.07, 6.45) is 1.39. The predicted octanol–water partition coefficient (Wildman–Crippen LogP) is 1.42. The average molecular weight is 383 g/mol. The number of hydrazine groups is 1. The zero-order valence-electron chi connectivity index (χ0n) is 14.0. The van der Waals surface area contributed by atoms with Gasteiger partial charge in [0.25, 0.3) is 5.91 Å². The van der Waals surface area contributed by atoms with Crippen molar-refractivity contribution in [3.05, 3.63) is 54.2 Å². The van der Waals surface area contributed by atoms with E-state index in [0.717, 1.165) is 18.8 Å². The van der Waals surface area contributed by atoms with Gasteiger partial charge < -0.3 is 9.32 Å². The molecule has 2 aromatic rings. The molecule has 0 spiro atoms. The molecule has 0 atom stereocenters. The summed E-state index contributed by atoms with van der Waals surface area (Å²) >= 11 is 0. The van der Waals surface area contributed by atoms with Gasteiger partial charge in [-0.25, -0.2) is 4.39 Å². The number of hydrogen-bond acceptors (Lipinski definition) is 5. The first kappa shape index (κ1) is 19.7. The molecule has 1 aliphatic heterocycles. The lowest BCUT2D eigenvalue weighted by Crippen LogP contribution is -2.51. The largest absolute Gasteiger partial charge is 0.459 e. The fourth-order valence-electron chi connectivity index (χ4n) is 2.65. The number of piperazine rings is 1. The Kier molecular flexibility index (Phi) is 6.99. The first-order valence-electron chi connectivity index (χ1n) is 7.97. The fourth-order valence-corrected chi connectivity index (χ4v) is 2.65. The van der Waals surface area contributed by atoms with Crippen molar-refractivity contribution in [3.8, 4) is 0 Å². The van der Waals surface area contributed by atoms with Crippen LogP contribution in [0.4, 0.5) is 10.1 Å². The number of carbonyl (C=O) groups is 2. The molecule has 2 amide bonds. The minimum atomic E-state index is -0.500. The van der Waals surface area contributed by atoms with Crippen LogP contribution in [0.1, 0.15) is 10.6 Å². The maximum atomic E-state index is 13.0. The number of furan rings is 1. The molecule has 0 radical (unpaired) electrons. The van der Waals surface area contributed by atoms with E-state index >= 15 is 0 Å². The summed E-state index contributed by atoms with van der Waals surface area (Å²) in [6.45, 7) is 3.10. The molecule has 9 heteroatoms. The number of rotatable bonds is 4. The van der Waals surface area contributed by atoms with Crippen LogP contribution >= 0.6 is 12.4 Å². The molecule has 0 unspecified atom stereocenters. The van der Waals surface area contributed by atoms with Crippen molar-refractivity contribution < 1.29 is 18.4 Å². The number of hydrogen-bond donors (Lipinski definition) is 2. The van der Waals surface area contributed by atoms with Gasteiger partial charge in [0.15, 0.2) is 5.76 Å². The van der Waals surface area contributed by atoms with Crippen molar-refractivity contribution in [1.29, 1.82) is 0 Å². The molecule has 26 heavy (non-hydrogen) atoms. The number of halogens is 2. The topological polar surface area (TPSA) is 77.8 Å². The van der Waals surface area contributed by atoms with Crippen LogP contribution in [0.3, 0.4) is 0 Å². The average Bonchev–Trinajstić information content (AvgIpc) is 3.16. The van der Waals surface area contributed by atoms with Crippen LogP contribution in [0.25, 0.3) is 0 Å². The maximum Gasteiger partial charge on any atom is 0.305 e. The Labute approximate surface area is 156 Å². The molecule has 2 N–H and O–H groups in total. The van der Waals surface area contributed by atoms with E-state index in [1.54, 1.807) is 18.2 Å². The lowest BCUT2D eigenvalue weighted by molar-refractivity contribution is -0.123. The third kappa shape index (κ3) is 5.21. The second kappa shape index (κ2) is 9.21. The van der Waals surface area contributed by atoms with Crippen LogP contribution in [0, 0.1) is 5.82 Å². The lowest BCUT2D eigenvalue weighted by atomic mass is 10.2. The molecule has 7 nitrogen and oxygen atoms in total. The summed E-state index contributed by atoms with van der Waals surface area (Å²) in [5.41, 5.74) is 5.65. The monoisotopic (exact) mass is 382 g/mol. The Hall–Kier alpha value is -2.58. The van der Waals surface area contributed by atoms with E-state index in [1.165, 1.54) is 24.5 Å². The second-order valence-corrected chi connectivity index (χ2v) is 5.72. The van der Waals surface area contributed by atoms with Gasteiger partial charge in [0.1, 0.15) is 5.82 Å². The molecule has 0 aliphatic carbocycles. The molecule has 1 fully saturated rings. The lowest BCUT2D eigenvalue weighted by Gasteiger charge is -2.35. The van der Waals surface area contributed by atoms with E-state index in [-0.39, 0.29) is 36.4 Å². The van der Waals surface area contributed by atoms with Crippen molar-refractivity contribution >= 4 is 29.9 Å². The minimum absolute atomic E-state index is 0. The van der Waals surface area contributed by atoms with Crippen LogP contribution in [0.15, 0.2) is 47.1 Å². The summed E-state index contributed by atoms with van der Waals surface area (Å²) in [5.74, 6) is -0.918. The number of nitrogens with one attached hydrogen (secondary N) is 2. The van der Waals surface area contributed by atoms with E-state index in [4.69, 9.17) is 4.42 Å². The molecule has 2 heterocycles. The molecule has 0 saturated carbocycles. The van der Waals surface area contributed by atoms with Crippen LogP contribution in [-0.4, -0.2) is 49.4 Å². The van der Waals surface area contributed by atoms with Crippen LogP contribution in [0.2, 0.25) is 0 Å². The van der Waals surface area contributed by atoms with Crippen LogP contribution < -0.4 is 15.8 Å². The van der Waals surface area contributed by atoms with Crippen molar-refractivity contribution in [2.45, 2.75) is 0 Å².